The quantitative estimate of drug-likeness (QED) is 0.446. The van der Waals surface area contributed by atoms with Gasteiger partial charge < -0.3 is 0 Å². The first-order chi connectivity index (χ1) is 5.58. The maximum Gasteiger partial charge on any atom is 0.323 e. The highest BCUT2D eigenvalue weighted by Gasteiger charge is 2.07. The third-order valence-electron chi connectivity index (χ3n) is 1.64. The van der Waals surface area contributed by atoms with Crippen molar-refractivity contribution >= 4 is 28.3 Å². The third-order valence-corrected chi connectivity index (χ3v) is 2.52. The van der Waals surface area contributed by atoms with Gasteiger partial charge in [0.15, 0.2) is 0 Å². The SMILES string of the molecule is O=P(Cl)(Cl)C#CC1=CCCCC1. The summed E-state index contributed by atoms with van der Waals surface area (Å²) in [6.45, 7) is 0. The van der Waals surface area contributed by atoms with E-state index in [1.165, 1.54) is 6.42 Å². The van der Waals surface area contributed by atoms with Gasteiger partial charge in [0.05, 0.1) is 0 Å². The van der Waals surface area contributed by atoms with Gasteiger partial charge in [-0.1, -0.05) is 12.0 Å². The van der Waals surface area contributed by atoms with Gasteiger partial charge in [0.25, 0.3) is 0 Å². The van der Waals surface area contributed by atoms with Crippen molar-refractivity contribution in [2.75, 3.05) is 0 Å². The molecule has 0 saturated carbocycles. The lowest BCUT2D eigenvalue weighted by molar-refractivity contribution is 0.598. The Bertz CT molecular complexity index is 292. The average Bonchev–Trinajstić information content (AvgIpc) is 2.02. The Morgan fingerprint density at radius 1 is 1.42 bits per heavy atom. The third kappa shape index (κ3) is 4.21. The maximum absolute atomic E-state index is 10.8. The molecule has 0 bridgehead atoms. The van der Waals surface area contributed by atoms with E-state index in [2.05, 4.69) is 17.7 Å². The second kappa shape index (κ2) is 4.38. The van der Waals surface area contributed by atoms with Crippen LogP contribution in [0.2, 0.25) is 0 Å². The molecule has 0 aliphatic heterocycles. The van der Waals surface area contributed by atoms with Gasteiger partial charge in [-0.05, 0) is 59.4 Å². The summed E-state index contributed by atoms with van der Waals surface area (Å²) in [6.07, 6.45) is 6.43. The second-order valence-corrected chi connectivity index (χ2v) is 7.20. The van der Waals surface area contributed by atoms with Crippen molar-refractivity contribution in [1.82, 2.24) is 0 Å². The number of hydrogen-bond donors (Lipinski definition) is 0. The van der Waals surface area contributed by atoms with Gasteiger partial charge in [-0.25, -0.2) is 0 Å². The molecule has 66 valence electrons. The van der Waals surface area contributed by atoms with Crippen molar-refractivity contribution in [2.24, 2.45) is 0 Å². The summed E-state index contributed by atoms with van der Waals surface area (Å²) in [7, 11) is 0. The van der Waals surface area contributed by atoms with Crippen molar-refractivity contribution < 1.29 is 4.57 Å². The van der Waals surface area contributed by atoms with Gasteiger partial charge in [-0.15, -0.1) is 0 Å². The zero-order valence-electron chi connectivity index (χ0n) is 6.52. The van der Waals surface area contributed by atoms with Gasteiger partial charge in [0.2, 0.25) is 0 Å². The van der Waals surface area contributed by atoms with Crippen molar-refractivity contribution in [3.8, 4) is 11.6 Å². The minimum absolute atomic E-state index is 0.959. The molecule has 12 heavy (non-hydrogen) atoms. The smallest absolute Gasteiger partial charge is 0.275 e. The van der Waals surface area contributed by atoms with Crippen molar-refractivity contribution in [2.45, 2.75) is 25.7 Å². The lowest BCUT2D eigenvalue weighted by Crippen LogP contribution is -1.87. The lowest BCUT2D eigenvalue weighted by Gasteiger charge is -2.05. The Balaban J connectivity index is 2.65. The molecule has 4 heteroatoms. The molecule has 0 amide bonds. The number of halogens is 2. The minimum Gasteiger partial charge on any atom is -0.275 e. The van der Waals surface area contributed by atoms with Crippen LogP contribution in [0, 0.1) is 11.6 Å². The summed E-state index contributed by atoms with van der Waals surface area (Å²) in [6, 6.07) is 0. The predicted octanol–water partition coefficient (Wildman–Crippen LogP) is 4.12. The topological polar surface area (TPSA) is 17.1 Å². The molecule has 1 nitrogen and oxygen atoms in total. The molecule has 0 heterocycles. The standard InChI is InChI=1S/C8H9Cl2OP/c9-12(10,11)7-6-8-4-2-1-3-5-8/h4H,1-3,5H2. The predicted molar refractivity (Wildman–Crippen MR) is 53.6 cm³/mol. The van der Waals surface area contributed by atoms with Crippen LogP contribution in [0.25, 0.3) is 0 Å². The molecule has 0 atom stereocenters. The zero-order chi connectivity index (χ0) is 9.03. The van der Waals surface area contributed by atoms with E-state index in [1.807, 2.05) is 0 Å². The largest absolute Gasteiger partial charge is 0.323 e. The molecule has 0 unspecified atom stereocenters. The molecule has 0 N–H and O–H groups in total. The fourth-order valence-corrected chi connectivity index (χ4v) is 1.62. The molecule has 0 saturated heterocycles. The van der Waals surface area contributed by atoms with E-state index >= 15 is 0 Å². The van der Waals surface area contributed by atoms with E-state index in [1.54, 1.807) is 0 Å². The molecule has 1 aliphatic carbocycles. The Kier molecular flexibility index (Phi) is 3.72. The second-order valence-electron chi connectivity index (χ2n) is 2.67. The monoisotopic (exact) mass is 222 g/mol. The fraction of sp³-hybridized carbons (Fsp3) is 0.500. The molecule has 0 aromatic carbocycles. The normalized spacial score (nSPS) is 17.7. The van der Waals surface area contributed by atoms with E-state index in [9.17, 15) is 4.57 Å². The number of hydrogen-bond acceptors (Lipinski definition) is 1. The van der Waals surface area contributed by atoms with Gasteiger partial charge >= 0.3 is 5.85 Å². The van der Waals surface area contributed by atoms with E-state index in [4.69, 9.17) is 22.5 Å². The summed E-state index contributed by atoms with van der Waals surface area (Å²) < 4.78 is 10.8. The van der Waals surface area contributed by atoms with Crippen molar-refractivity contribution in [3.05, 3.63) is 11.6 Å². The highest BCUT2D eigenvalue weighted by Crippen LogP contribution is 2.55. The minimum atomic E-state index is -3.19. The average molecular weight is 223 g/mol. The van der Waals surface area contributed by atoms with Crippen LogP contribution in [0.3, 0.4) is 0 Å². The molecule has 1 aliphatic rings. The van der Waals surface area contributed by atoms with E-state index in [0.717, 1.165) is 24.8 Å². The van der Waals surface area contributed by atoms with Gasteiger partial charge in [0.1, 0.15) is 0 Å². The van der Waals surface area contributed by atoms with E-state index in [-0.39, 0.29) is 0 Å². The molecule has 0 radical (unpaired) electrons. The molecule has 0 aromatic rings. The van der Waals surface area contributed by atoms with Crippen LogP contribution in [0.5, 0.6) is 0 Å². The lowest BCUT2D eigenvalue weighted by atomic mass is 10.0. The summed E-state index contributed by atoms with van der Waals surface area (Å²) in [5.41, 5.74) is 3.38. The first-order valence-corrected chi connectivity index (χ1v) is 7.31. The summed E-state index contributed by atoms with van der Waals surface area (Å²) in [5.74, 6) is -0.444. The van der Waals surface area contributed by atoms with Crippen LogP contribution < -0.4 is 0 Å². The molecule has 0 fully saturated rings. The fourth-order valence-electron chi connectivity index (χ4n) is 1.09. The molecular weight excluding hydrogens is 214 g/mol. The summed E-state index contributed by atoms with van der Waals surface area (Å²) in [4.78, 5) is 0. The van der Waals surface area contributed by atoms with Crippen LogP contribution in [0.4, 0.5) is 0 Å². The van der Waals surface area contributed by atoms with Crippen LogP contribution in [-0.2, 0) is 4.57 Å². The first-order valence-electron chi connectivity index (χ1n) is 3.79. The molecule has 0 aromatic heterocycles. The van der Waals surface area contributed by atoms with Crippen molar-refractivity contribution in [1.29, 1.82) is 0 Å². The number of rotatable bonds is 0. The Morgan fingerprint density at radius 3 is 2.67 bits per heavy atom. The van der Waals surface area contributed by atoms with E-state index in [0.29, 0.717) is 0 Å². The van der Waals surface area contributed by atoms with Crippen LogP contribution in [0.1, 0.15) is 25.7 Å². The van der Waals surface area contributed by atoms with E-state index < -0.39 is 5.85 Å². The van der Waals surface area contributed by atoms with Gasteiger partial charge in [-0.3, -0.25) is 4.57 Å². The number of allylic oxidation sites excluding steroid dienone is 2. The van der Waals surface area contributed by atoms with Crippen LogP contribution in [-0.4, -0.2) is 0 Å². The zero-order valence-corrected chi connectivity index (χ0v) is 8.92. The van der Waals surface area contributed by atoms with Crippen molar-refractivity contribution in [3.63, 3.8) is 0 Å². The van der Waals surface area contributed by atoms with Crippen LogP contribution in [0.15, 0.2) is 11.6 Å². The van der Waals surface area contributed by atoms with Crippen LogP contribution >= 0.6 is 28.3 Å². The Morgan fingerprint density at radius 2 is 2.17 bits per heavy atom. The maximum atomic E-state index is 10.8. The highest BCUT2D eigenvalue weighted by atomic mass is 35.9. The van der Waals surface area contributed by atoms with Gasteiger partial charge in [0, 0.05) is 0 Å². The summed E-state index contributed by atoms with van der Waals surface area (Å²) in [5, 5.41) is 0. The Labute approximate surface area is 82.1 Å². The molecule has 1 rings (SSSR count). The summed E-state index contributed by atoms with van der Waals surface area (Å²) >= 11 is 10.5. The molecular formula is C8H9Cl2OP. The Hall–Kier alpha value is 0.110. The molecule has 0 spiro atoms. The first kappa shape index (κ1) is 10.2. The van der Waals surface area contributed by atoms with Gasteiger partial charge in [-0.2, -0.15) is 0 Å². The highest BCUT2D eigenvalue weighted by molar-refractivity contribution is 8.11.